The molecule has 0 fully saturated rings. The van der Waals surface area contributed by atoms with Crippen LogP contribution in [0.3, 0.4) is 0 Å². The van der Waals surface area contributed by atoms with Crippen LogP contribution >= 0.6 is 23.2 Å². The van der Waals surface area contributed by atoms with Crippen molar-refractivity contribution in [3.05, 3.63) is 98.9 Å². The van der Waals surface area contributed by atoms with Crippen LogP contribution in [-0.2, 0) is 16.4 Å². The molecule has 0 aliphatic carbocycles. The summed E-state index contributed by atoms with van der Waals surface area (Å²) in [7, 11) is -3.87. The van der Waals surface area contributed by atoms with Crippen LogP contribution in [-0.4, -0.2) is 8.42 Å². The summed E-state index contributed by atoms with van der Waals surface area (Å²) in [5.41, 5.74) is 1.44. The lowest BCUT2D eigenvalue weighted by Crippen LogP contribution is -2.03. The minimum absolute atomic E-state index is 0.0781. The minimum atomic E-state index is -3.87. The van der Waals surface area contributed by atoms with Crippen molar-refractivity contribution in [1.29, 1.82) is 5.26 Å². The van der Waals surface area contributed by atoms with Gasteiger partial charge in [-0.2, -0.15) is 5.26 Å². The summed E-state index contributed by atoms with van der Waals surface area (Å²) in [6.07, 6.45) is 1.34. The van der Waals surface area contributed by atoms with E-state index in [9.17, 15) is 13.7 Å². The molecule has 0 saturated carbocycles. The van der Waals surface area contributed by atoms with Gasteiger partial charge in [0, 0.05) is 0 Å². The van der Waals surface area contributed by atoms with Crippen molar-refractivity contribution in [3.63, 3.8) is 0 Å². The molecule has 0 bridgehead atoms. The number of hydrogen-bond donors (Lipinski definition) is 0. The second-order valence-electron chi connectivity index (χ2n) is 6.04. The van der Waals surface area contributed by atoms with Crippen LogP contribution in [0.25, 0.3) is 6.08 Å². The van der Waals surface area contributed by atoms with Crippen LogP contribution in [0.5, 0.6) is 5.75 Å². The number of benzene rings is 3. The zero-order valence-electron chi connectivity index (χ0n) is 15.0. The van der Waals surface area contributed by atoms with Crippen molar-refractivity contribution in [3.8, 4) is 11.8 Å². The van der Waals surface area contributed by atoms with Gasteiger partial charge in [0.15, 0.2) is 0 Å². The van der Waals surface area contributed by atoms with E-state index in [1.807, 2.05) is 6.07 Å². The maximum Gasteiger partial charge on any atom is 0.216 e. The summed E-state index contributed by atoms with van der Waals surface area (Å²) < 4.78 is 30.9. The molecule has 3 aromatic carbocycles. The Kier molecular flexibility index (Phi) is 6.60. The standard InChI is InChI=1S/C22H15Cl2NO3S/c23-21-11-8-17(13-22(21)24)15-28-18-9-6-16(7-10-18)12-20(14-25)29(26,27)19-4-2-1-3-5-19/h1-13H,15H2/b20-12+. The van der Waals surface area contributed by atoms with Crippen molar-refractivity contribution in [2.45, 2.75) is 11.5 Å². The Hall–Kier alpha value is -2.78. The molecular formula is C22H15Cl2NO3S. The molecule has 3 aromatic rings. The van der Waals surface area contributed by atoms with Crippen molar-refractivity contribution in [2.75, 3.05) is 0 Å². The van der Waals surface area contributed by atoms with Crippen molar-refractivity contribution in [1.82, 2.24) is 0 Å². The van der Waals surface area contributed by atoms with Crippen LogP contribution < -0.4 is 4.74 Å². The Morgan fingerprint density at radius 3 is 2.28 bits per heavy atom. The number of sulfone groups is 1. The average molecular weight is 444 g/mol. The zero-order valence-corrected chi connectivity index (χ0v) is 17.4. The van der Waals surface area contributed by atoms with E-state index in [1.165, 1.54) is 18.2 Å². The molecule has 0 amide bonds. The molecule has 0 aromatic heterocycles. The zero-order chi connectivity index (χ0) is 20.9. The lowest BCUT2D eigenvalue weighted by atomic mass is 10.2. The van der Waals surface area contributed by atoms with Gasteiger partial charge in [-0.1, -0.05) is 59.6 Å². The summed E-state index contributed by atoms with van der Waals surface area (Å²) in [4.78, 5) is -0.248. The van der Waals surface area contributed by atoms with Gasteiger partial charge in [-0.25, -0.2) is 8.42 Å². The Morgan fingerprint density at radius 1 is 0.966 bits per heavy atom. The van der Waals surface area contributed by atoms with E-state index < -0.39 is 9.84 Å². The molecule has 0 radical (unpaired) electrons. The second-order valence-corrected chi connectivity index (χ2v) is 8.78. The van der Waals surface area contributed by atoms with E-state index in [4.69, 9.17) is 27.9 Å². The summed E-state index contributed by atoms with van der Waals surface area (Å²) in [6.45, 7) is 0.303. The third-order valence-corrected chi connectivity index (χ3v) is 6.44. The summed E-state index contributed by atoms with van der Waals surface area (Å²) in [5.74, 6) is 0.595. The molecule has 0 spiro atoms. The maximum atomic E-state index is 12.6. The lowest BCUT2D eigenvalue weighted by molar-refractivity contribution is 0.306. The number of allylic oxidation sites excluding steroid dienone is 1. The van der Waals surface area contributed by atoms with Crippen LogP contribution in [0.4, 0.5) is 0 Å². The van der Waals surface area contributed by atoms with E-state index >= 15 is 0 Å². The number of nitriles is 1. The van der Waals surface area contributed by atoms with E-state index in [1.54, 1.807) is 60.7 Å². The van der Waals surface area contributed by atoms with Gasteiger partial charge in [0.25, 0.3) is 0 Å². The Bertz CT molecular complexity index is 1180. The summed E-state index contributed by atoms with van der Waals surface area (Å²) in [6, 6.07) is 21.7. The van der Waals surface area contributed by atoms with Crippen LogP contribution in [0.2, 0.25) is 10.0 Å². The quantitative estimate of drug-likeness (QED) is 0.444. The number of hydrogen-bond acceptors (Lipinski definition) is 4. The van der Waals surface area contributed by atoms with Gasteiger partial charge in [-0.15, -0.1) is 0 Å². The van der Waals surface area contributed by atoms with Gasteiger partial charge in [0.2, 0.25) is 9.84 Å². The molecule has 29 heavy (non-hydrogen) atoms. The molecule has 0 unspecified atom stereocenters. The molecule has 0 N–H and O–H groups in total. The Morgan fingerprint density at radius 2 is 1.66 bits per heavy atom. The third kappa shape index (κ3) is 5.18. The van der Waals surface area contributed by atoms with Crippen LogP contribution in [0, 0.1) is 11.3 Å². The topological polar surface area (TPSA) is 67.2 Å². The smallest absolute Gasteiger partial charge is 0.216 e. The highest BCUT2D eigenvalue weighted by molar-refractivity contribution is 7.95. The van der Waals surface area contributed by atoms with Gasteiger partial charge in [0.05, 0.1) is 14.9 Å². The van der Waals surface area contributed by atoms with Gasteiger partial charge in [-0.05, 0) is 53.6 Å². The number of rotatable bonds is 6. The predicted octanol–water partition coefficient (Wildman–Crippen LogP) is 5.91. The number of nitrogens with zero attached hydrogens (tertiary/aromatic N) is 1. The first-order chi connectivity index (χ1) is 13.9. The monoisotopic (exact) mass is 443 g/mol. The van der Waals surface area contributed by atoms with Gasteiger partial charge in [-0.3, -0.25) is 0 Å². The van der Waals surface area contributed by atoms with E-state index in [0.29, 0.717) is 28.0 Å². The van der Waals surface area contributed by atoms with Crippen molar-refractivity contribution < 1.29 is 13.2 Å². The van der Waals surface area contributed by atoms with Gasteiger partial charge >= 0.3 is 0 Å². The summed E-state index contributed by atoms with van der Waals surface area (Å²) >= 11 is 11.9. The van der Waals surface area contributed by atoms with E-state index in [-0.39, 0.29) is 9.80 Å². The maximum absolute atomic E-state index is 12.6. The molecule has 4 nitrogen and oxygen atoms in total. The lowest BCUT2D eigenvalue weighted by Gasteiger charge is -2.08. The van der Waals surface area contributed by atoms with Crippen molar-refractivity contribution in [2.24, 2.45) is 0 Å². The average Bonchev–Trinajstić information content (AvgIpc) is 2.74. The largest absolute Gasteiger partial charge is 0.489 e. The highest BCUT2D eigenvalue weighted by Gasteiger charge is 2.20. The first kappa shape index (κ1) is 20.9. The molecule has 7 heteroatoms. The molecule has 0 heterocycles. The molecule has 0 atom stereocenters. The fraction of sp³-hybridized carbons (Fsp3) is 0.0455. The molecule has 0 aliphatic heterocycles. The Labute approximate surface area is 179 Å². The molecule has 0 saturated heterocycles. The SMILES string of the molecule is N#C/C(=C\c1ccc(OCc2ccc(Cl)c(Cl)c2)cc1)S(=O)(=O)c1ccccc1. The highest BCUT2D eigenvalue weighted by atomic mass is 35.5. The highest BCUT2D eigenvalue weighted by Crippen LogP contribution is 2.24. The Balaban J connectivity index is 1.75. The number of ether oxygens (including phenoxy) is 1. The fourth-order valence-corrected chi connectivity index (χ4v) is 4.01. The summed E-state index contributed by atoms with van der Waals surface area (Å²) in [5, 5.41) is 10.3. The molecular weight excluding hydrogens is 429 g/mol. The third-order valence-electron chi connectivity index (χ3n) is 4.02. The second kappa shape index (κ2) is 9.15. The fourth-order valence-electron chi connectivity index (χ4n) is 2.50. The van der Waals surface area contributed by atoms with Crippen molar-refractivity contribution >= 4 is 39.1 Å². The van der Waals surface area contributed by atoms with Gasteiger partial charge in [0.1, 0.15) is 23.3 Å². The molecule has 0 aliphatic rings. The predicted molar refractivity (Wildman–Crippen MR) is 114 cm³/mol. The van der Waals surface area contributed by atoms with E-state index in [0.717, 1.165) is 5.56 Å². The van der Waals surface area contributed by atoms with Crippen LogP contribution in [0.1, 0.15) is 11.1 Å². The molecule has 146 valence electrons. The normalized spacial score (nSPS) is 11.7. The first-order valence-corrected chi connectivity index (χ1v) is 10.7. The van der Waals surface area contributed by atoms with E-state index in [2.05, 4.69) is 0 Å². The number of halogens is 2. The first-order valence-electron chi connectivity index (χ1n) is 8.49. The molecule has 3 rings (SSSR count). The van der Waals surface area contributed by atoms with Crippen LogP contribution in [0.15, 0.2) is 82.6 Å². The minimum Gasteiger partial charge on any atom is -0.489 e. The van der Waals surface area contributed by atoms with Gasteiger partial charge < -0.3 is 4.74 Å².